The number of carbonyl (C=O) groups is 1. The van der Waals surface area contributed by atoms with Gasteiger partial charge < -0.3 is 19.8 Å². The lowest BCUT2D eigenvalue weighted by molar-refractivity contribution is -0.116. The molecule has 1 amide bonds. The third kappa shape index (κ3) is 3.30. The molecular formula is C18H17N3O5. The number of rotatable bonds is 5. The van der Waals surface area contributed by atoms with Crippen molar-refractivity contribution >= 4 is 22.6 Å². The minimum atomic E-state index is -0.795. The first-order valence-electron chi connectivity index (χ1n) is 7.77. The van der Waals surface area contributed by atoms with E-state index >= 15 is 0 Å². The Morgan fingerprint density at radius 1 is 1.12 bits per heavy atom. The van der Waals surface area contributed by atoms with Gasteiger partial charge in [-0.2, -0.15) is 0 Å². The maximum Gasteiger partial charge on any atom is 0.317 e. The molecule has 134 valence electrons. The van der Waals surface area contributed by atoms with E-state index in [0.29, 0.717) is 28.2 Å². The SMILES string of the molecule is COc1ccc(OC)c(NC(=O)Cn2c(=O)c(=O)[nH]c3ccccc32)c1. The van der Waals surface area contributed by atoms with Gasteiger partial charge in [0.15, 0.2) is 0 Å². The van der Waals surface area contributed by atoms with E-state index in [1.807, 2.05) is 0 Å². The van der Waals surface area contributed by atoms with E-state index in [2.05, 4.69) is 10.3 Å². The van der Waals surface area contributed by atoms with Crippen molar-refractivity contribution in [1.29, 1.82) is 0 Å². The van der Waals surface area contributed by atoms with Crippen molar-refractivity contribution in [3.8, 4) is 11.5 Å². The summed E-state index contributed by atoms with van der Waals surface area (Å²) in [7, 11) is 2.99. The summed E-state index contributed by atoms with van der Waals surface area (Å²) < 4.78 is 11.5. The topological polar surface area (TPSA) is 102 Å². The van der Waals surface area contributed by atoms with Crippen LogP contribution in [0, 0.1) is 0 Å². The van der Waals surface area contributed by atoms with E-state index in [-0.39, 0.29) is 6.54 Å². The van der Waals surface area contributed by atoms with Crippen LogP contribution in [0.1, 0.15) is 0 Å². The van der Waals surface area contributed by atoms with Gasteiger partial charge in [-0.25, -0.2) is 0 Å². The fourth-order valence-corrected chi connectivity index (χ4v) is 2.62. The fourth-order valence-electron chi connectivity index (χ4n) is 2.62. The van der Waals surface area contributed by atoms with E-state index in [1.54, 1.807) is 42.5 Å². The zero-order valence-corrected chi connectivity index (χ0v) is 14.2. The van der Waals surface area contributed by atoms with E-state index in [1.165, 1.54) is 14.2 Å². The van der Waals surface area contributed by atoms with E-state index < -0.39 is 17.0 Å². The predicted octanol–water partition coefficient (Wildman–Crippen LogP) is 1.35. The second-order valence-corrected chi connectivity index (χ2v) is 5.48. The Morgan fingerprint density at radius 2 is 1.88 bits per heavy atom. The van der Waals surface area contributed by atoms with E-state index in [4.69, 9.17) is 9.47 Å². The van der Waals surface area contributed by atoms with Crippen LogP contribution in [0.3, 0.4) is 0 Å². The highest BCUT2D eigenvalue weighted by Gasteiger charge is 2.13. The van der Waals surface area contributed by atoms with Gasteiger partial charge in [-0.1, -0.05) is 12.1 Å². The molecular weight excluding hydrogens is 338 g/mol. The molecule has 0 aliphatic heterocycles. The molecule has 0 atom stereocenters. The number of aromatic nitrogens is 2. The number of amides is 1. The van der Waals surface area contributed by atoms with Gasteiger partial charge in [-0.3, -0.25) is 19.0 Å². The number of methoxy groups -OCH3 is 2. The molecule has 0 saturated heterocycles. The minimum Gasteiger partial charge on any atom is -0.497 e. The number of ether oxygens (including phenoxy) is 2. The molecule has 0 aliphatic rings. The molecule has 0 fully saturated rings. The molecule has 3 aromatic rings. The molecule has 8 heteroatoms. The van der Waals surface area contributed by atoms with Crippen LogP contribution in [0.4, 0.5) is 5.69 Å². The largest absolute Gasteiger partial charge is 0.497 e. The van der Waals surface area contributed by atoms with Crippen LogP contribution in [0.5, 0.6) is 11.5 Å². The summed E-state index contributed by atoms with van der Waals surface area (Å²) in [4.78, 5) is 39.0. The van der Waals surface area contributed by atoms with Crippen LogP contribution in [0.2, 0.25) is 0 Å². The number of H-pyrrole nitrogens is 1. The maximum absolute atomic E-state index is 12.5. The second kappa shape index (κ2) is 7.14. The summed E-state index contributed by atoms with van der Waals surface area (Å²) in [5.41, 5.74) is -0.236. The molecule has 0 unspecified atom stereocenters. The molecule has 0 bridgehead atoms. The van der Waals surface area contributed by atoms with Crippen molar-refractivity contribution in [2.45, 2.75) is 6.54 Å². The Bertz CT molecular complexity index is 1080. The minimum absolute atomic E-state index is 0.316. The molecule has 8 nitrogen and oxygen atoms in total. The van der Waals surface area contributed by atoms with Crippen LogP contribution < -0.4 is 25.9 Å². The Balaban J connectivity index is 1.95. The van der Waals surface area contributed by atoms with Gasteiger partial charge in [0.25, 0.3) is 0 Å². The first-order valence-corrected chi connectivity index (χ1v) is 7.77. The molecule has 2 N–H and O–H groups in total. The Morgan fingerprint density at radius 3 is 2.62 bits per heavy atom. The first kappa shape index (κ1) is 17.3. The van der Waals surface area contributed by atoms with Crippen molar-refractivity contribution < 1.29 is 14.3 Å². The standard InChI is InChI=1S/C18H17N3O5/c1-25-11-7-8-15(26-2)13(9-11)19-16(22)10-21-14-6-4-3-5-12(14)20-17(23)18(21)24/h3-9H,10H2,1-2H3,(H,19,22)(H,20,23). The smallest absolute Gasteiger partial charge is 0.317 e. The predicted molar refractivity (Wildman–Crippen MR) is 97.0 cm³/mol. The zero-order valence-electron chi connectivity index (χ0n) is 14.2. The average Bonchev–Trinajstić information content (AvgIpc) is 2.65. The number of nitrogens with zero attached hydrogens (tertiary/aromatic N) is 1. The lowest BCUT2D eigenvalue weighted by atomic mass is 10.2. The maximum atomic E-state index is 12.5. The van der Waals surface area contributed by atoms with Gasteiger partial charge in [0.1, 0.15) is 18.0 Å². The van der Waals surface area contributed by atoms with Crippen molar-refractivity contribution in [2.24, 2.45) is 0 Å². The van der Waals surface area contributed by atoms with Crippen LogP contribution in [0.25, 0.3) is 11.0 Å². The van der Waals surface area contributed by atoms with Crippen LogP contribution in [0.15, 0.2) is 52.1 Å². The average molecular weight is 355 g/mol. The summed E-state index contributed by atoms with van der Waals surface area (Å²) in [6, 6.07) is 11.7. The quantitative estimate of drug-likeness (QED) is 0.673. The third-order valence-electron chi connectivity index (χ3n) is 3.86. The molecule has 1 aromatic heterocycles. The van der Waals surface area contributed by atoms with E-state index in [9.17, 15) is 14.4 Å². The third-order valence-corrected chi connectivity index (χ3v) is 3.86. The van der Waals surface area contributed by atoms with Gasteiger partial charge in [0.2, 0.25) is 5.91 Å². The highest BCUT2D eigenvalue weighted by atomic mass is 16.5. The van der Waals surface area contributed by atoms with Crippen molar-refractivity contribution in [1.82, 2.24) is 9.55 Å². The highest BCUT2D eigenvalue weighted by molar-refractivity contribution is 5.93. The number of hydrogen-bond donors (Lipinski definition) is 2. The molecule has 2 aromatic carbocycles. The van der Waals surface area contributed by atoms with Crippen LogP contribution >= 0.6 is 0 Å². The van der Waals surface area contributed by atoms with Crippen molar-refractivity contribution in [2.75, 3.05) is 19.5 Å². The summed E-state index contributed by atoms with van der Waals surface area (Å²) in [6.45, 7) is -0.316. The Kier molecular flexibility index (Phi) is 4.74. The van der Waals surface area contributed by atoms with Crippen molar-refractivity contribution in [3.63, 3.8) is 0 Å². The van der Waals surface area contributed by atoms with Gasteiger partial charge in [-0.05, 0) is 24.3 Å². The van der Waals surface area contributed by atoms with Crippen LogP contribution in [-0.4, -0.2) is 29.7 Å². The highest BCUT2D eigenvalue weighted by Crippen LogP contribution is 2.28. The number of benzene rings is 2. The molecule has 1 heterocycles. The zero-order chi connectivity index (χ0) is 18.7. The number of anilines is 1. The number of nitrogens with one attached hydrogen (secondary N) is 2. The van der Waals surface area contributed by atoms with Gasteiger partial charge in [-0.15, -0.1) is 0 Å². The molecule has 0 saturated carbocycles. The molecule has 0 spiro atoms. The van der Waals surface area contributed by atoms with E-state index in [0.717, 1.165) is 4.57 Å². The lowest BCUT2D eigenvalue weighted by Crippen LogP contribution is -2.38. The van der Waals surface area contributed by atoms with Crippen molar-refractivity contribution in [3.05, 3.63) is 63.2 Å². The molecule has 3 rings (SSSR count). The number of hydrogen-bond acceptors (Lipinski definition) is 5. The van der Waals surface area contributed by atoms with Gasteiger partial charge in [0.05, 0.1) is 30.9 Å². The molecule has 26 heavy (non-hydrogen) atoms. The van der Waals surface area contributed by atoms with Gasteiger partial charge >= 0.3 is 11.1 Å². The summed E-state index contributed by atoms with van der Waals surface area (Å²) >= 11 is 0. The normalized spacial score (nSPS) is 10.5. The monoisotopic (exact) mass is 355 g/mol. The second-order valence-electron chi connectivity index (χ2n) is 5.48. The number of aromatic amines is 1. The summed E-state index contributed by atoms with van der Waals surface area (Å²) in [6.07, 6.45) is 0. The fraction of sp³-hybridized carbons (Fsp3) is 0.167. The summed E-state index contributed by atoms with van der Waals surface area (Å²) in [5, 5.41) is 2.68. The van der Waals surface area contributed by atoms with Crippen LogP contribution in [-0.2, 0) is 11.3 Å². The number of para-hydroxylation sites is 2. The summed E-state index contributed by atoms with van der Waals surface area (Å²) in [5.74, 6) is 0.511. The van der Waals surface area contributed by atoms with Gasteiger partial charge in [0, 0.05) is 6.07 Å². The number of fused-ring (bicyclic) bond motifs is 1. The number of carbonyl (C=O) groups excluding carboxylic acids is 1. The Hall–Kier alpha value is -3.55. The molecule has 0 radical (unpaired) electrons. The first-order chi connectivity index (χ1) is 12.5. The Labute approximate surface area is 148 Å². The lowest BCUT2D eigenvalue weighted by Gasteiger charge is -2.13. The molecule has 0 aliphatic carbocycles.